The first-order valence-corrected chi connectivity index (χ1v) is 8.26. The smallest absolute Gasteiger partial charge is 0.301 e. The number of nitrogens with two attached hydrogens (primary N) is 1. The van der Waals surface area contributed by atoms with Gasteiger partial charge in [0.1, 0.15) is 0 Å². The highest BCUT2D eigenvalue weighted by Gasteiger charge is 2.16. The van der Waals surface area contributed by atoms with Crippen LogP contribution in [0.4, 0.5) is 5.69 Å². The van der Waals surface area contributed by atoms with Gasteiger partial charge in [0.25, 0.3) is 0 Å². The maximum absolute atomic E-state index is 12.1. The molecule has 0 saturated carbocycles. The number of hydrogen-bond donors (Lipinski definition) is 2. The van der Waals surface area contributed by atoms with Gasteiger partial charge in [-0.15, -0.1) is 11.3 Å². The fourth-order valence-electron chi connectivity index (χ4n) is 1.69. The maximum atomic E-state index is 12.1. The molecule has 3 N–H and O–H groups in total. The minimum Gasteiger partial charge on any atom is -0.330 e. The first-order chi connectivity index (χ1) is 9.03. The van der Waals surface area contributed by atoms with Gasteiger partial charge in [0, 0.05) is 18.3 Å². The zero-order valence-corrected chi connectivity index (χ0v) is 12.3. The van der Waals surface area contributed by atoms with E-state index in [2.05, 4.69) is 4.72 Å². The Morgan fingerprint density at radius 3 is 2.89 bits per heavy atom. The van der Waals surface area contributed by atoms with Crippen molar-refractivity contribution in [3.05, 3.63) is 29.6 Å². The first kappa shape index (κ1) is 14.3. The van der Waals surface area contributed by atoms with Crippen LogP contribution >= 0.6 is 11.3 Å². The molecule has 2 rings (SSSR count). The first-order valence-electron chi connectivity index (χ1n) is 5.94. The van der Waals surface area contributed by atoms with Crippen LogP contribution in [-0.4, -0.2) is 32.9 Å². The lowest BCUT2D eigenvalue weighted by molar-refractivity contribution is 0.468. The summed E-state index contributed by atoms with van der Waals surface area (Å²) < 4.78 is 29.1. The summed E-state index contributed by atoms with van der Waals surface area (Å²) >= 11 is 1.63. The van der Waals surface area contributed by atoms with Crippen LogP contribution in [0.3, 0.4) is 0 Å². The summed E-state index contributed by atoms with van der Waals surface area (Å²) in [6, 6.07) is 7.49. The number of thiophene rings is 1. The number of hydrogen-bond acceptors (Lipinski definition) is 4. The predicted octanol–water partition coefficient (Wildman–Crippen LogP) is 1.84. The fraction of sp³-hybridized carbons (Fsp3) is 0.333. The van der Waals surface area contributed by atoms with Gasteiger partial charge in [-0.25, -0.2) is 0 Å². The molecule has 0 spiro atoms. The number of fused-ring (bicyclic) bond motifs is 1. The van der Waals surface area contributed by atoms with Gasteiger partial charge in [-0.2, -0.15) is 12.7 Å². The Morgan fingerprint density at radius 1 is 1.37 bits per heavy atom. The van der Waals surface area contributed by atoms with Crippen LogP contribution in [0.25, 0.3) is 10.1 Å². The van der Waals surface area contributed by atoms with Gasteiger partial charge >= 0.3 is 10.2 Å². The summed E-state index contributed by atoms with van der Waals surface area (Å²) in [5.74, 6) is 0. The zero-order valence-electron chi connectivity index (χ0n) is 10.7. The summed E-state index contributed by atoms with van der Waals surface area (Å²) in [4.78, 5) is 0. The number of nitrogens with one attached hydrogen (secondary N) is 1. The molecule has 104 valence electrons. The monoisotopic (exact) mass is 299 g/mol. The van der Waals surface area contributed by atoms with Crippen LogP contribution in [0, 0.1) is 0 Å². The van der Waals surface area contributed by atoms with Gasteiger partial charge < -0.3 is 5.73 Å². The normalized spacial score (nSPS) is 12.2. The highest BCUT2D eigenvalue weighted by Crippen LogP contribution is 2.24. The van der Waals surface area contributed by atoms with E-state index in [0.717, 1.165) is 10.1 Å². The largest absolute Gasteiger partial charge is 0.330 e. The van der Waals surface area contributed by atoms with Crippen molar-refractivity contribution in [2.45, 2.75) is 6.42 Å². The molecule has 1 aromatic carbocycles. The van der Waals surface area contributed by atoms with Crippen molar-refractivity contribution >= 4 is 37.3 Å². The van der Waals surface area contributed by atoms with Crippen LogP contribution in [0.15, 0.2) is 29.6 Å². The molecule has 0 aliphatic heterocycles. The Bertz CT molecular complexity index is 652. The van der Waals surface area contributed by atoms with Crippen LogP contribution in [0.5, 0.6) is 0 Å². The van der Waals surface area contributed by atoms with Crippen molar-refractivity contribution in [1.29, 1.82) is 0 Å². The summed E-state index contributed by atoms with van der Waals surface area (Å²) in [7, 11) is -1.96. The quantitative estimate of drug-likeness (QED) is 0.854. The van der Waals surface area contributed by atoms with Crippen LogP contribution in [0.1, 0.15) is 6.42 Å². The molecule has 2 aromatic rings. The third-order valence-corrected chi connectivity index (χ3v) is 5.18. The average molecular weight is 299 g/mol. The Balaban J connectivity index is 2.14. The molecule has 19 heavy (non-hydrogen) atoms. The summed E-state index contributed by atoms with van der Waals surface area (Å²) in [5, 5.41) is 3.02. The molecule has 0 aliphatic carbocycles. The summed E-state index contributed by atoms with van der Waals surface area (Å²) in [6.07, 6.45) is 0.640. The van der Waals surface area contributed by atoms with Crippen LogP contribution in [-0.2, 0) is 10.2 Å². The third kappa shape index (κ3) is 3.44. The molecule has 0 saturated heterocycles. The van der Waals surface area contributed by atoms with Crippen molar-refractivity contribution in [1.82, 2.24) is 4.31 Å². The van der Waals surface area contributed by atoms with Gasteiger partial charge in [0.15, 0.2) is 0 Å². The SMILES string of the molecule is CN(CCCN)S(=O)(=O)Nc1ccc2sccc2c1. The predicted molar refractivity (Wildman–Crippen MR) is 80.7 cm³/mol. The van der Waals surface area contributed by atoms with Crippen molar-refractivity contribution < 1.29 is 8.42 Å². The number of nitrogens with zero attached hydrogens (tertiary/aromatic N) is 1. The number of anilines is 1. The van der Waals surface area contributed by atoms with E-state index in [-0.39, 0.29) is 0 Å². The van der Waals surface area contributed by atoms with Crippen molar-refractivity contribution in [3.8, 4) is 0 Å². The van der Waals surface area contributed by atoms with E-state index in [1.54, 1.807) is 24.5 Å². The van der Waals surface area contributed by atoms with Crippen molar-refractivity contribution in [2.75, 3.05) is 24.9 Å². The standard InChI is InChI=1S/C12H17N3O2S2/c1-15(7-2-6-13)19(16,17)14-11-3-4-12-10(9-11)5-8-18-12/h3-5,8-9,14H,2,6-7,13H2,1H3. The van der Waals surface area contributed by atoms with Crippen LogP contribution < -0.4 is 10.5 Å². The Morgan fingerprint density at radius 2 is 2.16 bits per heavy atom. The molecule has 0 amide bonds. The summed E-state index contributed by atoms with van der Waals surface area (Å²) in [6.45, 7) is 0.882. The lowest BCUT2D eigenvalue weighted by Gasteiger charge is -2.17. The van der Waals surface area contributed by atoms with E-state index >= 15 is 0 Å². The second-order valence-electron chi connectivity index (χ2n) is 4.24. The van der Waals surface area contributed by atoms with E-state index in [0.29, 0.717) is 25.2 Å². The number of rotatable bonds is 6. The van der Waals surface area contributed by atoms with E-state index in [9.17, 15) is 8.42 Å². The lowest BCUT2D eigenvalue weighted by Crippen LogP contribution is -2.34. The average Bonchev–Trinajstić information content (AvgIpc) is 2.82. The van der Waals surface area contributed by atoms with Crippen molar-refractivity contribution in [2.24, 2.45) is 5.73 Å². The van der Waals surface area contributed by atoms with Crippen LogP contribution in [0.2, 0.25) is 0 Å². The van der Waals surface area contributed by atoms with E-state index in [1.165, 1.54) is 4.31 Å². The number of benzene rings is 1. The maximum Gasteiger partial charge on any atom is 0.301 e. The molecule has 1 aromatic heterocycles. The van der Waals surface area contributed by atoms with Gasteiger partial charge in [-0.1, -0.05) is 0 Å². The third-order valence-electron chi connectivity index (χ3n) is 2.79. The molecule has 0 aliphatic rings. The molecule has 7 heteroatoms. The van der Waals surface area contributed by atoms with Gasteiger partial charge in [0.2, 0.25) is 0 Å². The molecule has 0 unspecified atom stereocenters. The molecule has 1 heterocycles. The Kier molecular flexibility index (Phi) is 4.41. The van der Waals surface area contributed by atoms with E-state index in [4.69, 9.17) is 5.73 Å². The van der Waals surface area contributed by atoms with E-state index < -0.39 is 10.2 Å². The molecule has 0 atom stereocenters. The Hall–Kier alpha value is -1.15. The molecule has 0 bridgehead atoms. The minimum absolute atomic E-state index is 0.409. The summed E-state index contributed by atoms with van der Waals surface area (Å²) in [5.41, 5.74) is 5.96. The fourth-order valence-corrected chi connectivity index (χ4v) is 3.41. The van der Waals surface area contributed by atoms with Gasteiger partial charge in [0.05, 0.1) is 5.69 Å². The molecule has 0 radical (unpaired) electrons. The van der Waals surface area contributed by atoms with Gasteiger partial charge in [-0.05, 0) is 48.0 Å². The highest BCUT2D eigenvalue weighted by atomic mass is 32.2. The highest BCUT2D eigenvalue weighted by molar-refractivity contribution is 7.90. The molecular formula is C12H17N3O2S2. The molecule has 0 fully saturated rings. The Labute approximate surface area is 117 Å². The van der Waals surface area contributed by atoms with Gasteiger partial charge in [-0.3, -0.25) is 4.72 Å². The van der Waals surface area contributed by atoms with E-state index in [1.807, 2.05) is 23.6 Å². The second kappa shape index (κ2) is 5.87. The second-order valence-corrected chi connectivity index (χ2v) is 6.97. The zero-order chi connectivity index (χ0) is 13.9. The minimum atomic E-state index is -3.51. The molecule has 5 nitrogen and oxygen atoms in total. The topological polar surface area (TPSA) is 75.4 Å². The van der Waals surface area contributed by atoms with Crippen molar-refractivity contribution in [3.63, 3.8) is 0 Å². The molecular weight excluding hydrogens is 282 g/mol. The lowest BCUT2D eigenvalue weighted by atomic mass is 10.2.